The minimum atomic E-state index is -0.830. The smallest absolute Gasteiger partial charge is 0.407 e. The van der Waals surface area contributed by atoms with Crippen molar-refractivity contribution in [1.82, 2.24) is 20.1 Å². The number of aliphatic hydroxyl groups is 1. The number of thiazole rings is 1. The SMILES string of the molecule is CC(=O)N(CCN1CCCC1)c1nc2ccc(CN(CC(C)C)CC(O)C(Cc3ccccc3)NC(=O)OC3COC4CCCC43)cc2s1. The summed E-state index contributed by atoms with van der Waals surface area (Å²) >= 11 is 1.55. The summed E-state index contributed by atoms with van der Waals surface area (Å²) in [6.45, 7) is 11.9. The van der Waals surface area contributed by atoms with Crippen LogP contribution in [0.1, 0.15) is 64.0 Å². The summed E-state index contributed by atoms with van der Waals surface area (Å²) < 4.78 is 12.8. The number of carbonyl (C=O) groups excluding carboxylic acids is 2. The minimum absolute atomic E-state index is 0.0115. The van der Waals surface area contributed by atoms with Gasteiger partial charge in [0.05, 0.1) is 35.1 Å². The van der Waals surface area contributed by atoms with Crippen molar-refractivity contribution in [2.45, 2.75) is 90.2 Å². The Hall–Kier alpha value is -3.09. The van der Waals surface area contributed by atoms with Gasteiger partial charge in [0, 0.05) is 45.6 Å². The number of hydrogen-bond donors (Lipinski definition) is 2. The third kappa shape index (κ3) is 9.58. The molecule has 1 aromatic heterocycles. The van der Waals surface area contributed by atoms with Gasteiger partial charge in [0.15, 0.2) is 5.13 Å². The second-order valence-corrected chi connectivity index (χ2v) is 15.5. The van der Waals surface area contributed by atoms with Crippen molar-refractivity contribution in [3.05, 3.63) is 59.7 Å². The van der Waals surface area contributed by atoms with Gasteiger partial charge in [-0.1, -0.05) is 68.0 Å². The molecule has 3 fully saturated rings. The zero-order valence-electron chi connectivity index (χ0n) is 29.3. The molecule has 1 saturated carbocycles. The maximum absolute atomic E-state index is 13.2. The molecule has 11 heteroatoms. The highest BCUT2D eigenvalue weighted by molar-refractivity contribution is 7.22. The Morgan fingerprint density at radius 3 is 2.63 bits per heavy atom. The van der Waals surface area contributed by atoms with Gasteiger partial charge in [-0.3, -0.25) is 14.6 Å². The Kier molecular flexibility index (Phi) is 12.2. The van der Waals surface area contributed by atoms with Gasteiger partial charge in [-0.25, -0.2) is 9.78 Å². The van der Waals surface area contributed by atoms with Gasteiger partial charge in [-0.2, -0.15) is 0 Å². The Balaban J connectivity index is 1.13. The first kappa shape index (κ1) is 35.7. The Bertz CT molecular complexity index is 1530. The molecular formula is C38H53N5O5S. The molecular weight excluding hydrogens is 639 g/mol. The van der Waals surface area contributed by atoms with E-state index < -0.39 is 18.2 Å². The minimum Gasteiger partial charge on any atom is -0.443 e. The van der Waals surface area contributed by atoms with Gasteiger partial charge in [-0.05, 0) is 74.4 Å². The fraction of sp³-hybridized carbons (Fsp3) is 0.605. The van der Waals surface area contributed by atoms with Crippen molar-refractivity contribution in [2.24, 2.45) is 11.8 Å². The number of fused-ring (bicyclic) bond motifs is 2. The molecule has 5 atom stereocenters. The molecule has 49 heavy (non-hydrogen) atoms. The van der Waals surface area contributed by atoms with Crippen LogP contribution in [0.5, 0.6) is 0 Å². The van der Waals surface area contributed by atoms with Gasteiger partial charge < -0.3 is 24.8 Å². The van der Waals surface area contributed by atoms with E-state index in [1.807, 2.05) is 36.4 Å². The van der Waals surface area contributed by atoms with Crippen molar-refractivity contribution in [2.75, 3.05) is 50.8 Å². The highest BCUT2D eigenvalue weighted by Crippen LogP contribution is 2.37. The standard InChI is InChI=1S/C38H53N5O5S/c1-26(2)22-42(23-29-14-15-31-36(21-29)49-37(39-31)43(27(3)44)19-18-41-16-7-8-17-41)24-33(45)32(20-28-10-5-4-6-11-28)40-38(46)48-35-25-47-34-13-9-12-30(34)35/h4-6,10-11,14-15,21,26,30,32-35,45H,7-9,12-13,16-20,22-25H2,1-3H3,(H,40,46). The molecule has 0 spiro atoms. The summed E-state index contributed by atoms with van der Waals surface area (Å²) in [5, 5.41) is 15.5. The molecule has 3 heterocycles. The maximum Gasteiger partial charge on any atom is 0.407 e. The van der Waals surface area contributed by atoms with E-state index in [1.165, 1.54) is 12.8 Å². The number of nitrogens with one attached hydrogen (secondary N) is 1. The van der Waals surface area contributed by atoms with E-state index in [1.54, 1.807) is 23.2 Å². The average molecular weight is 692 g/mol. The first-order chi connectivity index (χ1) is 23.7. The van der Waals surface area contributed by atoms with Gasteiger partial charge in [0.2, 0.25) is 5.91 Å². The molecule has 6 rings (SSSR count). The molecule has 0 radical (unpaired) electrons. The van der Waals surface area contributed by atoms with Crippen LogP contribution in [0, 0.1) is 11.8 Å². The van der Waals surface area contributed by atoms with E-state index in [4.69, 9.17) is 14.5 Å². The highest BCUT2D eigenvalue weighted by atomic mass is 32.1. The number of rotatable bonds is 15. The Morgan fingerprint density at radius 2 is 1.88 bits per heavy atom. The second-order valence-electron chi connectivity index (χ2n) is 14.5. The number of amides is 2. The largest absolute Gasteiger partial charge is 0.443 e. The first-order valence-electron chi connectivity index (χ1n) is 18.1. The fourth-order valence-corrected chi connectivity index (χ4v) is 8.80. The van der Waals surface area contributed by atoms with Crippen LogP contribution >= 0.6 is 11.3 Å². The number of alkyl carbamates (subject to hydrolysis) is 1. The van der Waals surface area contributed by atoms with E-state index in [-0.39, 0.29) is 24.0 Å². The van der Waals surface area contributed by atoms with Crippen molar-refractivity contribution >= 4 is 38.7 Å². The quantitative estimate of drug-likeness (QED) is 0.216. The molecule has 2 N–H and O–H groups in total. The summed E-state index contributed by atoms with van der Waals surface area (Å²) in [4.78, 5) is 37.2. The second kappa shape index (κ2) is 16.7. The lowest BCUT2D eigenvalue weighted by Gasteiger charge is -2.31. The van der Waals surface area contributed by atoms with Crippen LogP contribution in [-0.2, 0) is 27.2 Å². The molecule has 2 amide bonds. The summed E-state index contributed by atoms with van der Waals surface area (Å²) in [7, 11) is 0. The number of ether oxygens (including phenoxy) is 2. The Morgan fingerprint density at radius 1 is 1.08 bits per heavy atom. The number of nitrogens with zero attached hydrogens (tertiary/aromatic N) is 4. The zero-order valence-corrected chi connectivity index (χ0v) is 30.1. The van der Waals surface area contributed by atoms with Crippen molar-refractivity contribution < 1.29 is 24.2 Å². The molecule has 0 bridgehead atoms. The number of hydrogen-bond acceptors (Lipinski definition) is 9. The molecule has 2 saturated heterocycles. The maximum atomic E-state index is 13.2. The van der Waals surface area contributed by atoms with E-state index in [9.17, 15) is 14.7 Å². The van der Waals surface area contributed by atoms with Gasteiger partial charge >= 0.3 is 6.09 Å². The number of likely N-dealkylation sites (tertiary alicyclic amines) is 1. The van der Waals surface area contributed by atoms with E-state index in [0.717, 1.165) is 71.9 Å². The van der Waals surface area contributed by atoms with E-state index >= 15 is 0 Å². The summed E-state index contributed by atoms with van der Waals surface area (Å²) in [6.07, 6.45) is 4.71. The van der Waals surface area contributed by atoms with E-state index in [0.29, 0.717) is 38.6 Å². The van der Waals surface area contributed by atoms with Crippen molar-refractivity contribution in [3.63, 3.8) is 0 Å². The topological polar surface area (TPSA) is 107 Å². The molecule has 2 aromatic carbocycles. The lowest BCUT2D eigenvalue weighted by Crippen LogP contribution is -2.50. The van der Waals surface area contributed by atoms with Gasteiger partial charge in [0.25, 0.3) is 0 Å². The predicted molar refractivity (Wildman–Crippen MR) is 194 cm³/mol. The van der Waals surface area contributed by atoms with Crippen LogP contribution in [0.3, 0.4) is 0 Å². The molecule has 10 nitrogen and oxygen atoms in total. The van der Waals surface area contributed by atoms with Crippen molar-refractivity contribution in [3.8, 4) is 0 Å². The van der Waals surface area contributed by atoms with Crippen molar-refractivity contribution in [1.29, 1.82) is 0 Å². The molecule has 266 valence electrons. The normalized spacial score (nSPS) is 22.1. The van der Waals surface area contributed by atoms with Crippen LogP contribution in [-0.4, -0.2) is 102 Å². The summed E-state index contributed by atoms with van der Waals surface area (Å²) in [5.74, 6) is 0.646. The molecule has 3 aliphatic rings. The van der Waals surface area contributed by atoms with Gasteiger partial charge in [-0.15, -0.1) is 0 Å². The molecule has 1 aliphatic carbocycles. The Labute approximate surface area is 294 Å². The first-order valence-corrected chi connectivity index (χ1v) is 19.0. The van der Waals surface area contributed by atoms with Gasteiger partial charge in [0.1, 0.15) is 6.10 Å². The van der Waals surface area contributed by atoms with Crippen LogP contribution in [0.4, 0.5) is 9.93 Å². The predicted octanol–water partition coefficient (Wildman–Crippen LogP) is 5.47. The van der Waals surface area contributed by atoms with E-state index in [2.05, 4.69) is 41.1 Å². The fourth-order valence-electron chi connectivity index (χ4n) is 7.70. The third-order valence-electron chi connectivity index (χ3n) is 10.1. The van der Waals surface area contributed by atoms with Crippen LogP contribution in [0.15, 0.2) is 48.5 Å². The lowest BCUT2D eigenvalue weighted by atomic mass is 10.00. The number of anilines is 1. The number of carbonyl (C=O) groups is 2. The summed E-state index contributed by atoms with van der Waals surface area (Å²) in [5.41, 5.74) is 3.03. The lowest BCUT2D eigenvalue weighted by molar-refractivity contribution is -0.116. The number of aromatic nitrogens is 1. The monoisotopic (exact) mass is 691 g/mol. The van der Waals surface area contributed by atoms with Crippen LogP contribution in [0.2, 0.25) is 0 Å². The van der Waals surface area contributed by atoms with Crippen LogP contribution < -0.4 is 10.2 Å². The molecule has 3 aromatic rings. The van der Waals surface area contributed by atoms with Crippen LogP contribution in [0.25, 0.3) is 10.2 Å². The summed E-state index contributed by atoms with van der Waals surface area (Å²) in [6, 6.07) is 15.7. The highest BCUT2D eigenvalue weighted by Gasteiger charge is 2.43. The number of benzene rings is 2. The zero-order chi connectivity index (χ0) is 34.3. The molecule has 5 unspecified atom stereocenters. The number of aliphatic hydroxyl groups excluding tert-OH is 1. The average Bonchev–Trinajstić information content (AvgIpc) is 3.88. The third-order valence-corrected chi connectivity index (χ3v) is 11.2. The molecule has 2 aliphatic heterocycles.